The van der Waals surface area contributed by atoms with E-state index in [4.69, 9.17) is 0 Å². The summed E-state index contributed by atoms with van der Waals surface area (Å²) in [5, 5.41) is 0. The molecule has 1 unspecified atom stereocenters. The predicted octanol–water partition coefficient (Wildman–Crippen LogP) is 7.79. The molecule has 3 heteroatoms. The van der Waals surface area contributed by atoms with Crippen molar-refractivity contribution in [2.24, 2.45) is 35.0 Å². The van der Waals surface area contributed by atoms with Crippen LogP contribution in [0.15, 0.2) is 106 Å². The average molecular weight is 861 g/mol. The number of aryl methyl sites for hydroxylation is 2. The molecule has 0 aliphatic heterocycles. The molecule has 6 aliphatic rings. The minimum atomic E-state index is -2.95. The number of benzene rings is 4. The summed E-state index contributed by atoms with van der Waals surface area (Å²) >= 11 is -2.95. The molecule has 4 bridgehead atoms. The van der Waals surface area contributed by atoms with Crippen molar-refractivity contribution in [1.82, 2.24) is 0 Å². The Morgan fingerprint density at radius 3 is 1.46 bits per heavy atom. The summed E-state index contributed by atoms with van der Waals surface area (Å²) in [6, 6.07) is 33.8. The van der Waals surface area contributed by atoms with Gasteiger partial charge < -0.3 is 24.8 Å². The minimum Gasteiger partial charge on any atom is -1.00 e. The Kier molecular flexibility index (Phi) is 11.3. The molecule has 4 saturated carbocycles. The zero-order valence-electron chi connectivity index (χ0n) is 35.5. The molecule has 0 spiro atoms. The molecule has 4 fully saturated rings. The second-order valence-electron chi connectivity index (χ2n) is 20.6. The van der Waals surface area contributed by atoms with Crippen molar-refractivity contribution < 1.29 is 46.1 Å². The number of hydrogen-bond acceptors (Lipinski definition) is 0. The molecule has 0 saturated heterocycles. The molecule has 0 N–H and O–H groups in total. The molecule has 56 heavy (non-hydrogen) atoms. The van der Waals surface area contributed by atoms with Crippen molar-refractivity contribution in [3.63, 3.8) is 0 Å². The zero-order chi connectivity index (χ0) is 37.9. The molecule has 4 aromatic carbocycles. The van der Waals surface area contributed by atoms with Crippen LogP contribution in [0, 0.1) is 48.9 Å². The molecule has 292 valence electrons. The number of fused-ring (bicyclic) bond motifs is 3. The fourth-order valence-corrected chi connectivity index (χ4v) is 22.1. The van der Waals surface area contributed by atoms with E-state index in [2.05, 4.69) is 166 Å². The summed E-state index contributed by atoms with van der Waals surface area (Å²) in [6.45, 7) is 24.4. The van der Waals surface area contributed by atoms with Crippen molar-refractivity contribution in [2.45, 2.75) is 116 Å². The van der Waals surface area contributed by atoms with Crippen LogP contribution in [0.4, 0.5) is 0 Å². The van der Waals surface area contributed by atoms with Gasteiger partial charge in [-0.15, -0.1) is 0 Å². The Morgan fingerprint density at radius 1 is 0.625 bits per heavy atom. The van der Waals surface area contributed by atoms with E-state index in [9.17, 15) is 0 Å². The summed E-state index contributed by atoms with van der Waals surface area (Å²) in [7, 11) is 0. The Labute approximate surface area is 359 Å². The van der Waals surface area contributed by atoms with Crippen LogP contribution in [0.2, 0.25) is 0 Å². The predicted molar refractivity (Wildman–Crippen MR) is 227 cm³/mol. The first-order chi connectivity index (χ1) is 25.6. The van der Waals surface area contributed by atoms with Gasteiger partial charge in [-0.25, -0.2) is 0 Å². The van der Waals surface area contributed by atoms with Crippen LogP contribution in [-0.2, 0) is 32.1 Å². The fourth-order valence-electron chi connectivity index (χ4n) is 12.6. The van der Waals surface area contributed by atoms with Gasteiger partial charge in [-0.2, -0.15) is 0 Å². The van der Waals surface area contributed by atoms with Crippen molar-refractivity contribution >= 4 is 3.21 Å². The van der Waals surface area contributed by atoms with Gasteiger partial charge in [-0.1, -0.05) is 0 Å². The van der Waals surface area contributed by atoms with Crippen LogP contribution in [0.1, 0.15) is 136 Å². The Morgan fingerprint density at radius 2 is 1.05 bits per heavy atom. The maximum atomic E-state index is 2.87. The van der Waals surface area contributed by atoms with E-state index in [1.165, 1.54) is 76.6 Å². The quantitative estimate of drug-likeness (QED) is 0.193. The maximum Gasteiger partial charge on any atom is -1.00 e. The van der Waals surface area contributed by atoms with Crippen molar-refractivity contribution in [2.75, 3.05) is 0 Å². The number of rotatable bonds is 5. The van der Waals surface area contributed by atoms with Crippen LogP contribution in [-0.4, -0.2) is 3.21 Å². The van der Waals surface area contributed by atoms with Crippen molar-refractivity contribution in [1.29, 1.82) is 0 Å². The van der Waals surface area contributed by atoms with E-state index in [0.717, 1.165) is 23.7 Å². The summed E-state index contributed by atoms with van der Waals surface area (Å²) in [5.74, 6) is 4.14. The molecular weight excluding hydrogens is 799 g/mol. The molecule has 0 amide bonds. The topological polar surface area (TPSA) is 0 Å². The maximum absolute atomic E-state index is 2.95. The minimum absolute atomic E-state index is 0. The zero-order valence-corrected chi connectivity index (χ0v) is 39.5. The molecule has 0 nitrogen and oxygen atoms in total. The van der Waals surface area contributed by atoms with Crippen molar-refractivity contribution in [3.05, 3.63) is 150 Å². The molecule has 0 aromatic heterocycles. The molecule has 1 atom stereocenters. The monoisotopic (exact) mass is 858 g/mol. The molecule has 0 radical (unpaired) electrons. The van der Waals surface area contributed by atoms with Gasteiger partial charge in [0, 0.05) is 0 Å². The summed E-state index contributed by atoms with van der Waals surface area (Å²) < 4.78 is 3.88. The molecule has 4 aromatic rings. The molecule has 10 rings (SSSR count). The van der Waals surface area contributed by atoms with Gasteiger partial charge >= 0.3 is 337 Å². The summed E-state index contributed by atoms with van der Waals surface area (Å²) in [6.07, 6.45) is 13.0. The average Bonchev–Trinajstić information content (AvgIpc) is 3.65. The Bertz CT molecular complexity index is 2100. The first-order valence-electron chi connectivity index (χ1n) is 21.2. The van der Waals surface area contributed by atoms with Crippen LogP contribution in [0.3, 0.4) is 0 Å². The summed E-state index contributed by atoms with van der Waals surface area (Å²) in [5.41, 5.74) is 17.1. The van der Waals surface area contributed by atoms with Crippen molar-refractivity contribution in [3.8, 4) is 11.1 Å². The number of halogens is 2. The van der Waals surface area contributed by atoms with Gasteiger partial charge in [-0.3, -0.25) is 0 Å². The Balaban J connectivity index is 0.00000240. The normalized spacial score (nSPS) is 26.0. The van der Waals surface area contributed by atoms with Crippen LogP contribution >= 0.6 is 0 Å². The fraction of sp³-hybridized carbons (Fsp3) is 0.453. The first kappa shape index (κ1) is 41.8. The Hall–Kier alpha value is -2.31. The first-order valence-corrected chi connectivity index (χ1v) is 25.1. The molecule has 0 heterocycles. The third-order valence-corrected chi connectivity index (χ3v) is 23.7. The standard InChI is InChI=1S/C23H29.C17H23.C13H10.2ClH.Zr/c1-14-9-16-11-17-10-15(2)21(23(6,7)8)13-19(17)18(16)12-20(14)22(3,4)5;1-11-3-4-14(5-11)17(2)15-7-12-6-13(9-15)10-16(17)8-12;1-3-7-12(8-4-1)11-13-9-5-2-6-10-13;;;/h9-13H,1-8H3;4-5,11-13,15-16H,6-10H2,1-2H3;1-10H;2*1H;/q;;;;;+2/p-2. The van der Waals surface area contributed by atoms with Gasteiger partial charge in [0.1, 0.15) is 0 Å². The van der Waals surface area contributed by atoms with E-state index in [0.29, 0.717) is 15.0 Å². The smallest absolute Gasteiger partial charge is 1.00 e. The molecule has 6 aliphatic carbocycles. The van der Waals surface area contributed by atoms with Gasteiger partial charge in [-0.05, 0) is 0 Å². The van der Waals surface area contributed by atoms with E-state index < -0.39 is 21.3 Å². The SMILES string of the molecule is Cc1cc2c(cc1C(C)(C)C)-c1cc(C(C)(C)C)c(C)cc1[CH]2[Zr+2]([C]1=CC(C2(C)C3CC4CC(C3)CC2C4)=CC1C)=[C](c1ccccc1)c1ccccc1.[Cl-].[Cl-]. The van der Waals surface area contributed by atoms with Gasteiger partial charge in [0.15, 0.2) is 0 Å². The third-order valence-electron chi connectivity index (χ3n) is 15.0. The van der Waals surface area contributed by atoms with E-state index >= 15 is 0 Å². The molecular formula is C53H62Cl2Zr. The largest absolute Gasteiger partial charge is 1.00 e. The van der Waals surface area contributed by atoms with Gasteiger partial charge in [0.25, 0.3) is 0 Å². The van der Waals surface area contributed by atoms with Crippen LogP contribution in [0.5, 0.6) is 0 Å². The summed E-state index contributed by atoms with van der Waals surface area (Å²) in [4.78, 5) is 0. The van der Waals surface area contributed by atoms with Gasteiger partial charge in [0.05, 0.1) is 0 Å². The second kappa shape index (κ2) is 15.1. The third kappa shape index (κ3) is 6.81. The van der Waals surface area contributed by atoms with E-state index in [1.807, 2.05) is 3.28 Å². The van der Waals surface area contributed by atoms with E-state index in [-0.39, 0.29) is 35.6 Å². The van der Waals surface area contributed by atoms with Crippen LogP contribution < -0.4 is 24.8 Å². The number of hydrogen-bond donors (Lipinski definition) is 0. The second-order valence-corrected chi connectivity index (χ2v) is 26.7. The van der Waals surface area contributed by atoms with Crippen LogP contribution in [0.25, 0.3) is 11.1 Å². The van der Waals surface area contributed by atoms with Gasteiger partial charge in [0.2, 0.25) is 0 Å². The van der Waals surface area contributed by atoms with E-state index in [1.54, 1.807) is 19.9 Å². The number of allylic oxidation sites excluding steroid dienone is 4.